The average Bonchev–Trinajstić information content (AvgIpc) is 2.28. The van der Waals surface area contributed by atoms with Crippen LogP contribution in [0.5, 0.6) is 0 Å². The summed E-state index contributed by atoms with van der Waals surface area (Å²) in [6, 6.07) is 0. The molecule has 2 heterocycles. The predicted octanol–water partition coefficient (Wildman–Crippen LogP) is 0.765. The van der Waals surface area contributed by atoms with Gasteiger partial charge in [-0.1, -0.05) is 0 Å². The molecule has 2 aliphatic rings. The third-order valence-corrected chi connectivity index (χ3v) is 3.26. The van der Waals surface area contributed by atoms with Gasteiger partial charge in [0, 0.05) is 17.4 Å². The molecule has 2 atom stereocenters. The molecule has 0 radical (unpaired) electrons. The maximum Gasteiger partial charge on any atom is 0.0724 e. The molecule has 0 amide bonds. The number of ether oxygens (including phenoxy) is 2. The Labute approximate surface area is 65.3 Å². The SMILES string of the molecule is C1COC2CSCC2CO1. The van der Waals surface area contributed by atoms with Crippen molar-refractivity contribution in [3.8, 4) is 0 Å². The molecule has 2 saturated heterocycles. The van der Waals surface area contributed by atoms with E-state index in [4.69, 9.17) is 9.47 Å². The molecule has 2 rings (SSSR count). The Kier molecular flexibility index (Phi) is 2.16. The van der Waals surface area contributed by atoms with Crippen LogP contribution in [0.2, 0.25) is 0 Å². The quantitative estimate of drug-likeness (QED) is 0.521. The summed E-state index contributed by atoms with van der Waals surface area (Å²) in [5.74, 6) is 3.08. The van der Waals surface area contributed by atoms with Gasteiger partial charge < -0.3 is 9.47 Å². The first kappa shape index (κ1) is 6.95. The molecule has 3 heteroatoms. The molecule has 0 N–H and O–H groups in total. The van der Waals surface area contributed by atoms with Gasteiger partial charge in [0.15, 0.2) is 0 Å². The Morgan fingerprint density at radius 1 is 1.20 bits per heavy atom. The first-order valence-corrected chi connectivity index (χ1v) is 4.89. The molecular formula is C7H12O2S. The highest BCUT2D eigenvalue weighted by Gasteiger charge is 2.30. The predicted molar refractivity (Wildman–Crippen MR) is 41.4 cm³/mol. The lowest BCUT2D eigenvalue weighted by Crippen LogP contribution is -2.22. The Balaban J connectivity index is 1.95. The third kappa shape index (κ3) is 1.31. The summed E-state index contributed by atoms with van der Waals surface area (Å²) >= 11 is 1.98. The van der Waals surface area contributed by atoms with Crippen molar-refractivity contribution in [3.63, 3.8) is 0 Å². The lowest BCUT2D eigenvalue weighted by molar-refractivity contribution is 0.0574. The van der Waals surface area contributed by atoms with Crippen LogP contribution in [-0.2, 0) is 9.47 Å². The van der Waals surface area contributed by atoms with Crippen LogP contribution >= 0.6 is 11.8 Å². The van der Waals surface area contributed by atoms with Crippen molar-refractivity contribution < 1.29 is 9.47 Å². The topological polar surface area (TPSA) is 18.5 Å². The maximum absolute atomic E-state index is 5.58. The Bertz CT molecular complexity index is 106. The summed E-state index contributed by atoms with van der Waals surface area (Å²) in [6.45, 7) is 2.50. The second-order valence-corrected chi connectivity index (χ2v) is 3.86. The molecule has 2 nitrogen and oxygen atoms in total. The number of hydrogen-bond donors (Lipinski definition) is 0. The summed E-state index contributed by atoms with van der Waals surface area (Å²) in [4.78, 5) is 0. The standard InChI is InChI=1S/C7H12O2S/c1-2-9-7-5-10-4-6(7)3-8-1/h6-7H,1-5H2. The van der Waals surface area contributed by atoms with E-state index in [1.807, 2.05) is 11.8 Å². The minimum Gasteiger partial charge on any atom is -0.379 e. The van der Waals surface area contributed by atoms with Crippen LogP contribution in [0.25, 0.3) is 0 Å². The Morgan fingerprint density at radius 3 is 3.20 bits per heavy atom. The fraction of sp³-hybridized carbons (Fsp3) is 1.00. The second kappa shape index (κ2) is 3.11. The highest BCUT2D eigenvalue weighted by Crippen LogP contribution is 2.28. The van der Waals surface area contributed by atoms with Gasteiger partial charge in [0.2, 0.25) is 0 Å². The molecule has 2 fully saturated rings. The number of thioether (sulfide) groups is 1. The molecule has 0 aromatic rings. The fourth-order valence-electron chi connectivity index (χ4n) is 1.41. The van der Waals surface area contributed by atoms with Crippen LogP contribution in [-0.4, -0.2) is 37.4 Å². The number of rotatable bonds is 0. The largest absolute Gasteiger partial charge is 0.379 e. The number of fused-ring (bicyclic) bond motifs is 1. The maximum atomic E-state index is 5.58. The average molecular weight is 160 g/mol. The van der Waals surface area contributed by atoms with E-state index in [0.29, 0.717) is 12.0 Å². The van der Waals surface area contributed by atoms with E-state index in [9.17, 15) is 0 Å². The lowest BCUT2D eigenvalue weighted by atomic mass is 10.1. The highest BCUT2D eigenvalue weighted by molar-refractivity contribution is 7.99. The van der Waals surface area contributed by atoms with E-state index < -0.39 is 0 Å². The normalized spacial score (nSPS) is 40.8. The Morgan fingerprint density at radius 2 is 2.20 bits per heavy atom. The summed E-state index contributed by atoms with van der Waals surface area (Å²) in [6.07, 6.45) is 0.493. The van der Waals surface area contributed by atoms with Gasteiger partial charge in [0.1, 0.15) is 0 Å². The van der Waals surface area contributed by atoms with Gasteiger partial charge in [-0.3, -0.25) is 0 Å². The second-order valence-electron chi connectivity index (χ2n) is 2.78. The Hall–Kier alpha value is 0.270. The highest BCUT2D eigenvalue weighted by atomic mass is 32.2. The first-order valence-electron chi connectivity index (χ1n) is 3.74. The van der Waals surface area contributed by atoms with Crippen molar-refractivity contribution in [3.05, 3.63) is 0 Å². The van der Waals surface area contributed by atoms with Gasteiger partial charge in [-0.25, -0.2) is 0 Å². The van der Waals surface area contributed by atoms with Crippen molar-refractivity contribution in [2.24, 2.45) is 5.92 Å². The van der Waals surface area contributed by atoms with Gasteiger partial charge in [-0.15, -0.1) is 0 Å². The van der Waals surface area contributed by atoms with Crippen molar-refractivity contribution in [1.82, 2.24) is 0 Å². The van der Waals surface area contributed by atoms with E-state index in [1.165, 1.54) is 11.5 Å². The van der Waals surface area contributed by atoms with E-state index in [1.54, 1.807) is 0 Å². The van der Waals surface area contributed by atoms with Crippen molar-refractivity contribution >= 4 is 11.8 Å². The van der Waals surface area contributed by atoms with Crippen LogP contribution < -0.4 is 0 Å². The van der Waals surface area contributed by atoms with Crippen molar-refractivity contribution in [2.45, 2.75) is 6.10 Å². The smallest absolute Gasteiger partial charge is 0.0724 e. The zero-order valence-electron chi connectivity index (χ0n) is 5.91. The van der Waals surface area contributed by atoms with Crippen molar-refractivity contribution in [2.75, 3.05) is 31.3 Å². The van der Waals surface area contributed by atoms with E-state index in [2.05, 4.69) is 0 Å². The van der Waals surface area contributed by atoms with Gasteiger partial charge in [-0.2, -0.15) is 11.8 Å². The van der Waals surface area contributed by atoms with E-state index >= 15 is 0 Å². The molecule has 0 saturated carbocycles. The summed E-state index contributed by atoms with van der Waals surface area (Å²) in [5.41, 5.74) is 0. The molecule has 2 unspecified atom stereocenters. The third-order valence-electron chi connectivity index (χ3n) is 2.03. The van der Waals surface area contributed by atoms with Crippen LogP contribution in [0.15, 0.2) is 0 Å². The minimum atomic E-state index is 0.493. The molecule has 0 bridgehead atoms. The molecule has 0 aliphatic carbocycles. The van der Waals surface area contributed by atoms with Crippen LogP contribution in [0.4, 0.5) is 0 Å². The number of hydrogen-bond acceptors (Lipinski definition) is 3. The molecular weight excluding hydrogens is 148 g/mol. The van der Waals surface area contributed by atoms with Crippen LogP contribution in [0, 0.1) is 5.92 Å². The zero-order chi connectivity index (χ0) is 6.81. The zero-order valence-corrected chi connectivity index (χ0v) is 6.73. The van der Waals surface area contributed by atoms with Gasteiger partial charge in [0.25, 0.3) is 0 Å². The molecule has 0 aromatic carbocycles. The van der Waals surface area contributed by atoms with E-state index in [-0.39, 0.29) is 0 Å². The summed E-state index contributed by atoms with van der Waals surface area (Å²) < 4.78 is 11.0. The molecule has 0 aromatic heterocycles. The lowest BCUT2D eigenvalue weighted by Gasteiger charge is -2.12. The molecule has 10 heavy (non-hydrogen) atoms. The molecule has 2 aliphatic heterocycles. The first-order chi connectivity index (χ1) is 4.97. The van der Waals surface area contributed by atoms with Gasteiger partial charge >= 0.3 is 0 Å². The van der Waals surface area contributed by atoms with Crippen LogP contribution in [0.1, 0.15) is 0 Å². The van der Waals surface area contributed by atoms with Crippen LogP contribution in [0.3, 0.4) is 0 Å². The van der Waals surface area contributed by atoms with E-state index in [0.717, 1.165) is 19.8 Å². The molecule has 0 spiro atoms. The van der Waals surface area contributed by atoms with Gasteiger partial charge in [-0.05, 0) is 0 Å². The van der Waals surface area contributed by atoms with Gasteiger partial charge in [0.05, 0.1) is 25.9 Å². The summed E-state index contributed by atoms with van der Waals surface area (Å²) in [7, 11) is 0. The monoisotopic (exact) mass is 160 g/mol. The fourth-order valence-corrected chi connectivity index (χ4v) is 2.76. The minimum absolute atomic E-state index is 0.493. The van der Waals surface area contributed by atoms with Crippen molar-refractivity contribution in [1.29, 1.82) is 0 Å². The molecule has 58 valence electrons. The summed E-state index contributed by atoms with van der Waals surface area (Å²) in [5, 5.41) is 0.